The number of aryl methyl sites for hydroxylation is 1. The van der Waals surface area contributed by atoms with E-state index in [0.717, 1.165) is 49.7 Å². The van der Waals surface area contributed by atoms with E-state index < -0.39 is 0 Å². The van der Waals surface area contributed by atoms with Crippen molar-refractivity contribution in [1.82, 2.24) is 14.3 Å². The van der Waals surface area contributed by atoms with Gasteiger partial charge in [-0.2, -0.15) is 0 Å². The van der Waals surface area contributed by atoms with Crippen LogP contribution in [0, 0.1) is 6.92 Å². The summed E-state index contributed by atoms with van der Waals surface area (Å²) in [4.78, 5) is 8.17. The monoisotopic (exact) mass is 307 g/mol. The highest BCUT2D eigenvalue weighted by Crippen LogP contribution is 2.37. The zero-order valence-electron chi connectivity index (χ0n) is 12.5. The SMILES string of the molecule is CO[C@H]1CN(Cc2c(C)nc3sccn23)C[C@@]12CCCO2. The van der Waals surface area contributed by atoms with Crippen molar-refractivity contribution < 1.29 is 9.47 Å². The van der Waals surface area contributed by atoms with E-state index in [9.17, 15) is 0 Å². The summed E-state index contributed by atoms with van der Waals surface area (Å²) in [5, 5.41) is 2.09. The molecule has 2 atom stereocenters. The molecule has 0 saturated carbocycles. The molecular weight excluding hydrogens is 286 g/mol. The topological polar surface area (TPSA) is 39.0 Å². The number of thiazole rings is 1. The fraction of sp³-hybridized carbons (Fsp3) is 0.667. The second kappa shape index (κ2) is 5.05. The van der Waals surface area contributed by atoms with Crippen LogP contribution in [0.3, 0.4) is 0 Å². The molecule has 5 nitrogen and oxygen atoms in total. The third-order valence-electron chi connectivity index (χ3n) is 4.86. The van der Waals surface area contributed by atoms with Crippen LogP contribution in [0.2, 0.25) is 0 Å². The number of nitrogens with zero attached hydrogens (tertiary/aromatic N) is 3. The van der Waals surface area contributed by atoms with Gasteiger partial charge in [-0.15, -0.1) is 11.3 Å². The highest BCUT2D eigenvalue weighted by atomic mass is 32.1. The Morgan fingerprint density at radius 2 is 2.48 bits per heavy atom. The first-order chi connectivity index (χ1) is 10.2. The second-order valence-corrected chi connectivity index (χ2v) is 6.98. The van der Waals surface area contributed by atoms with Gasteiger partial charge in [0, 0.05) is 44.9 Å². The molecule has 0 unspecified atom stereocenters. The van der Waals surface area contributed by atoms with Gasteiger partial charge in [0.25, 0.3) is 0 Å². The number of fused-ring (bicyclic) bond motifs is 1. The predicted molar refractivity (Wildman–Crippen MR) is 81.8 cm³/mol. The molecule has 0 N–H and O–H groups in total. The molecule has 0 aliphatic carbocycles. The number of aromatic nitrogens is 2. The molecule has 6 heteroatoms. The average molecular weight is 307 g/mol. The largest absolute Gasteiger partial charge is 0.377 e. The van der Waals surface area contributed by atoms with Crippen molar-refractivity contribution in [1.29, 1.82) is 0 Å². The van der Waals surface area contributed by atoms with Crippen molar-refractivity contribution in [3.8, 4) is 0 Å². The van der Waals surface area contributed by atoms with E-state index in [-0.39, 0.29) is 11.7 Å². The Bertz CT molecular complexity index is 644. The van der Waals surface area contributed by atoms with Gasteiger partial charge in [-0.3, -0.25) is 9.30 Å². The number of rotatable bonds is 3. The van der Waals surface area contributed by atoms with Crippen LogP contribution in [0.4, 0.5) is 0 Å². The van der Waals surface area contributed by atoms with Crippen LogP contribution in [-0.4, -0.2) is 52.8 Å². The van der Waals surface area contributed by atoms with E-state index in [1.165, 1.54) is 5.69 Å². The molecule has 2 aromatic heterocycles. The van der Waals surface area contributed by atoms with Crippen LogP contribution >= 0.6 is 11.3 Å². The Hall–Kier alpha value is -0.950. The van der Waals surface area contributed by atoms with Gasteiger partial charge < -0.3 is 9.47 Å². The number of likely N-dealkylation sites (tertiary alicyclic amines) is 1. The molecule has 21 heavy (non-hydrogen) atoms. The second-order valence-electron chi connectivity index (χ2n) is 6.11. The Labute approximate surface area is 128 Å². The molecule has 0 radical (unpaired) electrons. The van der Waals surface area contributed by atoms with Crippen LogP contribution in [-0.2, 0) is 16.0 Å². The summed E-state index contributed by atoms with van der Waals surface area (Å²) in [7, 11) is 1.80. The van der Waals surface area contributed by atoms with Crippen molar-refractivity contribution in [3.63, 3.8) is 0 Å². The van der Waals surface area contributed by atoms with E-state index in [4.69, 9.17) is 9.47 Å². The highest BCUT2D eigenvalue weighted by Gasteiger charge is 2.50. The maximum absolute atomic E-state index is 6.07. The lowest BCUT2D eigenvalue weighted by Crippen LogP contribution is -2.42. The van der Waals surface area contributed by atoms with Gasteiger partial charge in [0.2, 0.25) is 0 Å². The van der Waals surface area contributed by atoms with Gasteiger partial charge in [0.15, 0.2) is 4.96 Å². The smallest absolute Gasteiger partial charge is 0.194 e. The first-order valence-corrected chi connectivity index (χ1v) is 8.40. The summed E-state index contributed by atoms with van der Waals surface area (Å²) in [5.41, 5.74) is 2.33. The molecule has 2 aromatic rings. The van der Waals surface area contributed by atoms with Crippen molar-refractivity contribution in [2.75, 3.05) is 26.8 Å². The fourth-order valence-corrected chi connectivity index (χ4v) is 4.57. The van der Waals surface area contributed by atoms with Crippen LogP contribution in [0.5, 0.6) is 0 Å². The van der Waals surface area contributed by atoms with Crippen molar-refractivity contribution in [2.24, 2.45) is 0 Å². The molecule has 4 rings (SSSR count). The van der Waals surface area contributed by atoms with Gasteiger partial charge in [-0.25, -0.2) is 4.98 Å². The molecule has 2 saturated heterocycles. The van der Waals surface area contributed by atoms with Gasteiger partial charge >= 0.3 is 0 Å². The van der Waals surface area contributed by atoms with E-state index in [1.54, 1.807) is 18.4 Å². The number of ether oxygens (including phenoxy) is 2. The number of methoxy groups -OCH3 is 1. The van der Waals surface area contributed by atoms with E-state index >= 15 is 0 Å². The molecule has 1 spiro atoms. The first-order valence-electron chi connectivity index (χ1n) is 7.52. The van der Waals surface area contributed by atoms with Gasteiger partial charge in [0.05, 0.1) is 17.5 Å². The lowest BCUT2D eigenvalue weighted by Gasteiger charge is -2.28. The zero-order chi connectivity index (χ0) is 14.4. The lowest BCUT2D eigenvalue weighted by molar-refractivity contribution is -0.0756. The number of hydrogen-bond acceptors (Lipinski definition) is 5. The van der Waals surface area contributed by atoms with E-state index in [0.29, 0.717) is 0 Å². The summed E-state index contributed by atoms with van der Waals surface area (Å²) < 4.78 is 14.0. The van der Waals surface area contributed by atoms with Crippen molar-refractivity contribution >= 4 is 16.3 Å². The quantitative estimate of drug-likeness (QED) is 0.870. The fourth-order valence-electron chi connectivity index (χ4n) is 3.80. The molecule has 114 valence electrons. The van der Waals surface area contributed by atoms with Gasteiger partial charge in [-0.1, -0.05) is 0 Å². The van der Waals surface area contributed by atoms with Crippen LogP contribution < -0.4 is 0 Å². The van der Waals surface area contributed by atoms with Gasteiger partial charge in [0.1, 0.15) is 5.60 Å². The van der Waals surface area contributed by atoms with Crippen molar-refractivity contribution in [3.05, 3.63) is 23.0 Å². The first kappa shape index (κ1) is 13.7. The third-order valence-corrected chi connectivity index (χ3v) is 5.61. The van der Waals surface area contributed by atoms with Crippen LogP contribution in [0.15, 0.2) is 11.6 Å². The minimum atomic E-state index is -0.0822. The summed E-state index contributed by atoms with van der Waals surface area (Å²) >= 11 is 1.69. The molecule has 0 aromatic carbocycles. The number of hydrogen-bond donors (Lipinski definition) is 0. The zero-order valence-corrected chi connectivity index (χ0v) is 13.4. The van der Waals surface area contributed by atoms with Crippen molar-refractivity contribution in [2.45, 2.75) is 38.0 Å². The summed E-state index contributed by atoms with van der Waals surface area (Å²) in [5.74, 6) is 0. The normalized spacial score (nSPS) is 30.1. The standard InChI is InChI=1S/C15H21N3O2S/c1-11-12(18-5-7-21-14(18)16-11)8-17-9-13(19-2)15(10-17)4-3-6-20-15/h5,7,13H,3-4,6,8-10H2,1-2H3/t13-,15-/m0/s1. The maximum atomic E-state index is 6.07. The summed E-state index contributed by atoms with van der Waals surface area (Å²) in [6.45, 7) is 5.78. The van der Waals surface area contributed by atoms with Crippen LogP contribution in [0.1, 0.15) is 24.2 Å². The summed E-state index contributed by atoms with van der Waals surface area (Å²) in [6, 6.07) is 0. The Morgan fingerprint density at radius 3 is 3.24 bits per heavy atom. The molecule has 2 fully saturated rings. The average Bonchev–Trinajstić information content (AvgIpc) is 3.20. The van der Waals surface area contributed by atoms with E-state index in [1.807, 2.05) is 0 Å². The summed E-state index contributed by atoms with van der Waals surface area (Å²) in [6.07, 6.45) is 4.56. The highest BCUT2D eigenvalue weighted by molar-refractivity contribution is 7.15. The third kappa shape index (κ3) is 2.12. The minimum absolute atomic E-state index is 0.0822. The molecule has 0 bridgehead atoms. The Balaban J connectivity index is 1.58. The predicted octanol–water partition coefficient (Wildman–Crippen LogP) is 2.08. The van der Waals surface area contributed by atoms with Gasteiger partial charge in [-0.05, 0) is 19.8 Å². The molecular formula is C15H21N3O2S. The van der Waals surface area contributed by atoms with Crippen LogP contribution in [0.25, 0.3) is 4.96 Å². The molecule has 2 aliphatic rings. The lowest BCUT2D eigenvalue weighted by atomic mass is 9.96. The Kier molecular flexibility index (Phi) is 3.29. The molecule has 0 amide bonds. The Morgan fingerprint density at radius 1 is 1.57 bits per heavy atom. The molecule has 4 heterocycles. The minimum Gasteiger partial charge on any atom is -0.377 e. The number of imidazole rings is 1. The maximum Gasteiger partial charge on any atom is 0.194 e. The van der Waals surface area contributed by atoms with E-state index in [2.05, 4.69) is 32.8 Å². The molecule has 2 aliphatic heterocycles.